The molecule has 20 heavy (non-hydrogen) atoms. The lowest BCUT2D eigenvalue weighted by atomic mass is 10.2. The van der Waals surface area contributed by atoms with Gasteiger partial charge in [-0.25, -0.2) is 18.9 Å². The Labute approximate surface area is 112 Å². The van der Waals surface area contributed by atoms with Crippen LogP contribution in [0.1, 0.15) is 5.56 Å². The second kappa shape index (κ2) is 4.02. The van der Waals surface area contributed by atoms with E-state index in [9.17, 15) is 4.79 Å². The van der Waals surface area contributed by atoms with Crippen LogP contribution in [0.25, 0.3) is 17.0 Å². The van der Waals surface area contributed by atoms with Crippen molar-refractivity contribution in [1.29, 1.82) is 0 Å². The van der Waals surface area contributed by atoms with Crippen LogP contribution >= 0.6 is 0 Å². The maximum Gasteiger partial charge on any atom is 0.350 e. The number of hydrogen-bond acceptors (Lipinski definition) is 4. The van der Waals surface area contributed by atoms with Crippen molar-refractivity contribution in [1.82, 2.24) is 29.4 Å². The number of aromatic nitrogens is 6. The predicted molar refractivity (Wildman–Crippen MR) is 71.6 cm³/mol. The highest BCUT2D eigenvalue weighted by Gasteiger charge is 2.15. The van der Waals surface area contributed by atoms with Crippen molar-refractivity contribution in [3.05, 3.63) is 58.9 Å². The SMILES string of the molecule is O=c1n(Cc2ccccc2)[nH]c2c3cnnc-3ncn12. The van der Waals surface area contributed by atoms with Gasteiger partial charge in [-0.3, -0.25) is 5.10 Å². The number of benzene rings is 1. The predicted octanol–water partition coefficient (Wildman–Crippen LogP) is 0.767. The molecule has 1 aromatic heterocycles. The summed E-state index contributed by atoms with van der Waals surface area (Å²) in [6.07, 6.45) is 3.06. The van der Waals surface area contributed by atoms with Crippen LogP contribution in [0.15, 0.2) is 47.7 Å². The van der Waals surface area contributed by atoms with Gasteiger partial charge in [-0.15, -0.1) is 5.10 Å². The summed E-state index contributed by atoms with van der Waals surface area (Å²) >= 11 is 0. The Morgan fingerprint density at radius 1 is 1.20 bits per heavy atom. The summed E-state index contributed by atoms with van der Waals surface area (Å²) in [4.78, 5) is 16.4. The lowest BCUT2D eigenvalue weighted by molar-refractivity contribution is 0.658. The number of fused-ring (bicyclic) bond motifs is 3. The minimum absolute atomic E-state index is 0.167. The Kier molecular flexibility index (Phi) is 2.19. The molecule has 0 spiro atoms. The van der Waals surface area contributed by atoms with Crippen molar-refractivity contribution in [2.75, 3.05) is 0 Å². The van der Waals surface area contributed by atoms with E-state index in [2.05, 4.69) is 20.3 Å². The van der Waals surface area contributed by atoms with Crippen molar-refractivity contribution >= 4 is 5.65 Å². The summed E-state index contributed by atoms with van der Waals surface area (Å²) in [7, 11) is 0. The first kappa shape index (κ1) is 10.9. The van der Waals surface area contributed by atoms with Crippen LogP contribution in [-0.4, -0.2) is 29.4 Å². The van der Waals surface area contributed by atoms with E-state index in [4.69, 9.17) is 0 Å². The van der Waals surface area contributed by atoms with Crippen molar-refractivity contribution < 1.29 is 0 Å². The van der Waals surface area contributed by atoms with Crippen LogP contribution in [0.5, 0.6) is 0 Å². The van der Waals surface area contributed by atoms with E-state index in [-0.39, 0.29) is 5.69 Å². The van der Waals surface area contributed by atoms with Crippen molar-refractivity contribution in [2.24, 2.45) is 0 Å². The molecule has 0 fully saturated rings. The maximum absolute atomic E-state index is 12.3. The van der Waals surface area contributed by atoms with Gasteiger partial charge in [0.15, 0.2) is 5.82 Å². The van der Waals surface area contributed by atoms with E-state index in [1.54, 1.807) is 10.9 Å². The Bertz CT molecular complexity index is 904. The van der Waals surface area contributed by atoms with Crippen molar-refractivity contribution in [3.8, 4) is 11.4 Å². The van der Waals surface area contributed by atoms with Crippen molar-refractivity contribution in [2.45, 2.75) is 6.54 Å². The lowest BCUT2D eigenvalue weighted by Crippen LogP contribution is -2.21. The summed E-state index contributed by atoms with van der Waals surface area (Å²) < 4.78 is 3.01. The molecule has 2 aliphatic heterocycles. The fraction of sp³-hybridized carbons (Fsp3) is 0.0769. The molecule has 0 atom stereocenters. The summed E-state index contributed by atoms with van der Waals surface area (Å²) in [6.45, 7) is 0.477. The molecular weight excluding hydrogens is 256 g/mol. The van der Waals surface area contributed by atoms with Gasteiger partial charge in [-0.2, -0.15) is 5.10 Å². The molecule has 1 aromatic carbocycles. The van der Waals surface area contributed by atoms with E-state index >= 15 is 0 Å². The van der Waals surface area contributed by atoms with E-state index in [0.29, 0.717) is 18.0 Å². The Morgan fingerprint density at radius 3 is 2.90 bits per heavy atom. The summed E-state index contributed by atoms with van der Waals surface area (Å²) in [5.41, 5.74) is 2.27. The molecule has 98 valence electrons. The summed E-state index contributed by atoms with van der Waals surface area (Å²) in [5.74, 6) is 0.526. The molecule has 0 bridgehead atoms. The molecule has 0 unspecified atom stereocenters. The van der Waals surface area contributed by atoms with Gasteiger partial charge in [0.2, 0.25) is 0 Å². The topological polar surface area (TPSA) is 80.9 Å². The molecule has 4 rings (SSSR count). The Hall–Kier alpha value is -2.96. The number of nitrogens with one attached hydrogen (secondary N) is 1. The lowest BCUT2D eigenvalue weighted by Gasteiger charge is -2.00. The zero-order chi connectivity index (χ0) is 13.5. The van der Waals surface area contributed by atoms with Crippen LogP contribution < -0.4 is 5.69 Å². The molecule has 0 aliphatic carbocycles. The highest BCUT2D eigenvalue weighted by Crippen LogP contribution is 2.18. The number of nitrogens with zero attached hydrogens (tertiary/aromatic N) is 5. The zero-order valence-corrected chi connectivity index (χ0v) is 10.4. The van der Waals surface area contributed by atoms with Gasteiger partial charge in [0.1, 0.15) is 12.0 Å². The smallest absolute Gasteiger partial charge is 0.278 e. The second-order valence-corrected chi connectivity index (χ2v) is 4.51. The number of rotatable bonds is 2. The Morgan fingerprint density at radius 2 is 2.05 bits per heavy atom. The minimum atomic E-state index is -0.167. The van der Waals surface area contributed by atoms with Crippen LogP contribution in [0, 0.1) is 0 Å². The normalized spacial score (nSPS) is 11.4. The van der Waals surface area contributed by atoms with E-state index in [1.165, 1.54) is 10.7 Å². The van der Waals surface area contributed by atoms with E-state index < -0.39 is 0 Å². The van der Waals surface area contributed by atoms with Gasteiger partial charge in [0.25, 0.3) is 0 Å². The third-order valence-electron chi connectivity index (χ3n) is 3.23. The van der Waals surface area contributed by atoms with Crippen LogP contribution in [-0.2, 0) is 6.54 Å². The Balaban J connectivity index is 1.89. The molecule has 3 heterocycles. The molecular formula is C13H10N6O. The molecule has 7 heteroatoms. The summed E-state index contributed by atoms with van der Waals surface area (Å²) in [5, 5.41) is 10.8. The zero-order valence-electron chi connectivity index (χ0n) is 10.4. The third-order valence-corrected chi connectivity index (χ3v) is 3.23. The van der Waals surface area contributed by atoms with Crippen LogP contribution in [0.3, 0.4) is 0 Å². The first-order valence-electron chi connectivity index (χ1n) is 6.14. The quantitative estimate of drug-likeness (QED) is 0.581. The maximum atomic E-state index is 12.3. The van der Waals surface area contributed by atoms with Crippen molar-refractivity contribution in [3.63, 3.8) is 0 Å². The summed E-state index contributed by atoms with van der Waals surface area (Å²) in [6, 6.07) is 9.78. The van der Waals surface area contributed by atoms with Gasteiger partial charge in [-0.05, 0) is 5.56 Å². The van der Waals surface area contributed by atoms with Gasteiger partial charge in [0.05, 0.1) is 18.3 Å². The van der Waals surface area contributed by atoms with E-state index in [1.807, 2.05) is 30.3 Å². The largest absolute Gasteiger partial charge is 0.350 e. The van der Waals surface area contributed by atoms with Crippen LogP contribution in [0.4, 0.5) is 0 Å². The van der Waals surface area contributed by atoms with Gasteiger partial charge < -0.3 is 0 Å². The fourth-order valence-corrected chi connectivity index (χ4v) is 2.25. The molecule has 0 saturated carbocycles. The first-order valence-corrected chi connectivity index (χ1v) is 6.14. The average molecular weight is 266 g/mol. The highest BCUT2D eigenvalue weighted by molar-refractivity contribution is 5.71. The van der Waals surface area contributed by atoms with Gasteiger partial charge in [-0.1, -0.05) is 30.3 Å². The number of hydrogen-bond donors (Lipinski definition) is 1. The second-order valence-electron chi connectivity index (χ2n) is 4.51. The number of H-pyrrole nitrogens is 1. The third kappa shape index (κ3) is 1.53. The fourth-order valence-electron chi connectivity index (χ4n) is 2.25. The highest BCUT2D eigenvalue weighted by atomic mass is 16.2. The van der Waals surface area contributed by atoms with Gasteiger partial charge in [0, 0.05) is 0 Å². The number of aromatic amines is 1. The molecule has 7 nitrogen and oxygen atoms in total. The monoisotopic (exact) mass is 266 g/mol. The van der Waals surface area contributed by atoms with Crippen LogP contribution in [0.2, 0.25) is 0 Å². The van der Waals surface area contributed by atoms with E-state index in [0.717, 1.165) is 11.1 Å². The molecule has 0 amide bonds. The molecule has 1 N–H and O–H groups in total. The average Bonchev–Trinajstić information content (AvgIpc) is 3.06. The first-order chi connectivity index (χ1) is 9.83. The standard InChI is InChI=1S/C13H10N6O/c20-13-18-8-14-11-10(6-15-16-11)12(18)17-19(13)7-9-4-2-1-3-5-9/h1-6,8,17H,7H2. The molecule has 0 radical (unpaired) electrons. The minimum Gasteiger partial charge on any atom is -0.278 e. The van der Waals surface area contributed by atoms with Gasteiger partial charge >= 0.3 is 5.69 Å². The molecule has 2 aromatic rings. The molecule has 2 aliphatic rings. The molecule has 0 saturated heterocycles.